The Bertz CT molecular complexity index is 208. The van der Waals surface area contributed by atoms with Crippen LogP contribution in [0.15, 0.2) is 0 Å². The highest BCUT2D eigenvalue weighted by Crippen LogP contribution is 2.32. The second-order valence-corrected chi connectivity index (χ2v) is 3.70. The van der Waals surface area contributed by atoms with Crippen LogP contribution in [0.3, 0.4) is 0 Å². The molecular formula is C11H21NO3. The first-order valence-corrected chi connectivity index (χ1v) is 5.67. The van der Waals surface area contributed by atoms with Gasteiger partial charge < -0.3 is 14.8 Å². The van der Waals surface area contributed by atoms with Crippen LogP contribution in [0.4, 0.5) is 0 Å². The summed E-state index contributed by atoms with van der Waals surface area (Å²) in [6, 6.07) is 0. The van der Waals surface area contributed by atoms with Crippen LogP contribution in [-0.4, -0.2) is 44.8 Å². The molecule has 3 unspecified atom stereocenters. The van der Waals surface area contributed by atoms with Gasteiger partial charge in [-0.25, -0.2) is 0 Å². The van der Waals surface area contributed by atoms with Crippen molar-refractivity contribution in [3.8, 4) is 0 Å². The molecule has 1 N–H and O–H groups in total. The molecule has 3 atom stereocenters. The predicted octanol–water partition coefficient (Wildman–Crippen LogP) is 0.605. The molecular weight excluding hydrogens is 194 g/mol. The fraction of sp³-hybridized carbons (Fsp3) is 0.909. The zero-order valence-electron chi connectivity index (χ0n) is 9.79. The lowest BCUT2D eigenvalue weighted by Crippen LogP contribution is -2.59. The van der Waals surface area contributed by atoms with E-state index in [4.69, 9.17) is 9.47 Å². The molecule has 1 aliphatic rings. The van der Waals surface area contributed by atoms with Gasteiger partial charge in [-0.3, -0.25) is 4.79 Å². The maximum absolute atomic E-state index is 11.7. The number of ether oxygens (including phenoxy) is 2. The van der Waals surface area contributed by atoms with Gasteiger partial charge in [0.15, 0.2) is 5.78 Å². The highest BCUT2D eigenvalue weighted by atomic mass is 16.5. The molecule has 0 aromatic carbocycles. The summed E-state index contributed by atoms with van der Waals surface area (Å²) in [7, 11) is 1.89. The number of nitrogens with one attached hydrogen (secondary N) is 1. The first kappa shape index (κ1) is 12.6. The van der Waals surface area contributed by atoms with Crippen molar-refractivity contribution in [3.63, 3.8) is 0 Å². The Morgan fingerprint density at radius 1 is 1.27 bits per heavy atom. The SMILES string of the molecule is CCOC1C(=O)C(CCNC)C1OCC. The Morgan fingerprint density at radius 3 is 2.47 bits per heavy atom. The van der Waals surface area contributed by atoms with Crippen molar-refractivity contribution in [1.82, 2.24) is 5.32 Å². The third-order valence-electron chi connectivity index (χ3n) is 2.75. The van der Waals surface area contributed by atoms with Crippen molar-refractivity contribution < 1.29 is 14.3 Å². The van der Waals surface area contributed by atoms with Crippen molar-refractivity contribution in [2.24, 2.45) is 5.92 Å². The normalized spacial score (nSPS) is 30.3. The summed E-state index contributed by atoms with van der Waals surface area (Å²) in [5.74, 6) is 0.222. The van der Waals surface area contributed by atoms with Crippen molar-refractivity contribution in [2.75, 3.05) is 26.8 Å². The zero-order valence-corrected chi connectivity index (χ0v) is 9.79. The number of Topliss-reactive ketones (excluding diaryl/α,β-unsaturated/α-hetero) is 1. The van der Waals surface area contributed by atoms with Gasteiger partial charge in [0.2, 0.25) is 0 Å². The van der Waals surface area contributed by atoms with E-state index in [1.807, 2.05) is 20.9 Å². The lowest BCUT2D eigenvalue weighted by molar-refractivity contribution is -0.181. The fourth-order valence-electron chi connectivity index (χ4n) is 1.99. The van der Waals surface area contributed by atoms with E-state index in [-0.39, 0.29) is 23.9 Å². The standard InChI is InChI=1S/C11H21NO3/c1-4-14-10-8(6-7-12-3)9(13)11(10)15-5-2/h8,10-12H,4-7H2,1-3H3. The largest absolute Gasteiger partial charge is 0.375 e. The maximum Gasteiger partial charge on any atom is 0.170 e. The molecule has 0 saturated heterocycles. The van der Waals surface area contributed by atoms with Gasteiger partial charge in [0.25, 0.3) is 0 Å². The van der Waals surface area contributed by atoms with Crippen LogP contribution < -0.4 is 5.32 Å². The van der Waals surface area contributed by atoms with Gasteiger partial charge >= 0.3 is 0 Å². The molecule has 0 heterocycles. The molecule has 0 aromatic rings. The molecule has 1 saturated carbocycles. The first-order chi connectivity index (χ1) is 7.26. The van der Waals surface area contributed by atoms with Crippen molar-refractivity contribution >= 4 is 5.78 Å². The number of rotatable bonds is 7. The van der Waals surface area contributed by atoms with Crippen LogP contribution in [0.25, 0.3) is 0 Å². The predicted molar refractivity (Wildman–Crippen MR) is 57.9 cm³/mol. The van der Waals surface area contributed by atoms with Crippen LogP contribution in [0.2, 0.25) is 0 Å². The van der Waals surface area contributed by atoms with Crippen LogP contribution in [0.5, 0.6) is 0 Å². The monoisotopic (exact) mass is 215 g/mol. The first-order valence-electron chi connectivity index (χ1n) is 5.67. The average Bonchev–Trinajstić information content (AvgIpc) is 2.25. The van der Waals surface area contributed by atoms with Gasteiger partial charge in [-0.2, -0.15) is 0 Å². The Kier molecular flexibility index (Phi) is 5.22. The van der Waals surface area contributed by atoms with E-state index in [0.29, 0.717) is 13.2 Å². The second kappa shape index (κ2) is 6.20. The summed E-state index contributed by atoms with van der Waals surface area (Å²) in [4.78, 5) is 11.7. The van der Waals surface area contributed by atoms with Crippen molar-refractivity contribution in [1.29, 1.82) is 0 Å². The minimum absolute atomic E-state index is 0.0222. The van der Waals surface area contributed by atoms with Gasteiger partial charge in [-0.1, -0.05) is 0 Å². The van der Waals surface area contributed by atoms with Crippen molar-refractivity contribution in [3.05, 3.63) is 0 Å². The van der Waals surface area contributed by atoms with E-state index < -0.39 is 0 Å². The lowest BCUT2D eigenvalue weighted by atomic mass is 9.75. The summed E-state index contributed by atoms with van der Waals surface area (Å²) in [6.45, 7) is 5.90. The van der Waals surface area contributed by atoms with E-state index in [2.05, 4.69) is 5.32 Å². The number of carbonyl (C=O) groups is 1. The molecule has 1 fully saturated rings. The van der Waals surface area contributed by atoms with Gasteiger partial charge in [0.05, 0.1) is 5.92 Å². The Labute approximate surface area is 91.3 Å². The molecule has 0 bridgehead atoms. The molecule has 4 heteroatoms. The highest BCUT2D eigenvalue weighted by Gasteiger charge is 2.50. The number of hydrogen-bond donors (Lipinski definition) is 1. The summed E-state index contributed by atoms with van der Waals surface area (Å²) >= 11 is 0. The topological polar surface area (TPSA) is 47.6 Å². The van der Waals surface area contributed by atoms with Crippen molar-refractivity contribution in [2.45, 2.75) is 32.5 Å². The third-order valence-corrected chi connectivity index (χ3v) is 2.75. The average molecular weight is 215 g/mol. The van der Waals surface area contributed by atoms with Gasteiger partial charge in [0, 0.05) is 13.2 Å². The third kappa shape index (κ3) is 2.77. The summed E-state index contributed by atoms with van der Waals surface area (Å²) in [5, 5.41) is 3.05. The summed E-state index contributed by atoms with van der Waals surface area (Å²) in [5.41, 5.74) is 0. The maximum atomic E-state index is 11.7. The second-order valence-electron chi connectivity index (χ2n) is 3.70. The Hall–Kier alpha value is -0.450. The van der Waals surface area contributed by atoms with Gasteiger partial charge in [0.1, 0.15) is 12.2 Å². The van der Waals surface area contributed by atoms with E-state index >= 15 is 0 Å². The fourth-order valence-corrected chi connectivity index (χ4v) is 1.99. The molecule has 0 spiro atoms. The molecule has 0 amide bonds. The van der Waals surface area contributed by atoms with E-state index in [1.54, 1.807) is 0 Å². The molecule has 88 valence electrons. The Balaban J connectivity index is 2.45. The van der Waals surface area contributed by atoms with Gasteiger partial charge in [-0.05, 0) is 33.9 Å². The molecule has 0 radical (unpaired) electrons. The van der Waals surface area contributed by atoms with Crippen LogP contribution in [-0.2, 0) is 14.3 Å². The summed E-state index contributed by atoms with van der Waals surface area (Å²) in [6.07, 6.45) is 0.483. The molecule has 0 aromatic heterocycles. The molecule has 1 rings (SSSR count). The number of ketones is 1. The van der Waals surface area contributed by atoms with Crippen LogP contribution in [0.1, 0.15) is 20.3 Å². The molecule has 15 heavy (non-hydrogen) atoms. The Morgan fingerprint density at radius 2 is 1.93 bits per heavy atom. The molecule has 4 nitrogen and oxygen atoms in total. The summed E-state index contributed by atoms with van der Waals surface area (Å²) < 4.78 is 10.9. The van der Waals surface area contributed by atoms with Crippen LogP contribution >= 0.6 is 0 Å². The molecule has 1 aliphatic carbocycles. The lowest BCUT2D eigenvalue weighted by Gasteiger charge is -2.41. The number of hydrogen-bond acceptors (Lipinski definition) is 4. The smallest absolute Gasteiger partial charge is 0.170 e. The van der Waals surface area contributed by atoms with E-state index in [1.165, 1.54) is 0 Å². The quantitative estimate of drug-likeness (QED) is 0.676. The van der Waals surface area contributed by atoms with E-state index in [0.717, 1.165) is 13.0 Å². The minimum Gasteiger partial charge on any atom is -0.375 e. The molecule has 0 aliphatic heterocycles. The van der Waals surface area contributed by atoms with E-state index in [9.17, 15) is 4.79 Å². The minimum atomic E-state index is -0.322. The zero-order chi connectivity index (χ0) is 11.3. The number of carbonyl (C=O) groups excluding carboxylic acids is 1. The highest BCUT2D eigenvalue weighted by molar-refractivity contribution is 5.93. The van der Waals surface area contributed by atoms with Gasteiger partial charge in [-0.15, -0.1) is 0 Å². The van der Waals surface area contributed by atoms with Crippen LogP contribution in [0, 0.1) is 5.92 Å².